The highest BCUT2D eigenvalue weighted by molar-refractivity contribution is 4.54. The fourth-order valence-corrected chi connectivity index (χ4v) is 2.33. The van der Waals surface area contributed by atoms with Crippen molar-refractivity contribution in [2.45, 2.75) is 25.7 Å². The molecule has 0 bridgehead atoms. The summed E-state index contributed by atoms with van der Waals surface area (Å²) in [4.78, 5) is 4.77. The predicted octanol–water partition coefficient (Wildman–Crippen LogP) is 0.274. The van der Waals surface area contributed by atoms with Crippen LogP contribution in [0.15, 0.2) is 0 Å². The smallest absolute Gasteiger partial charge is 0.000968 e. The molecule has 0 saturated heterocycles. The molecule has 24 heavy (non-hydrogen) atoms. The Bertz CT molecular complexity index is 174. The summed E-state index contributed by atoms with van der Waals surface area (Å²) in [5, 5.41) is 12.6. The SMILES string of the molecule is CNCCCN(C)CCCNC.CNCCCN(C)CCCNC. The molecular weight excluding hydrogens is 300 g/mol. The number of nitrogens with zero attached hydrogens (tertiary/aromatic N) is 2. The summed E-state index contributed by atoms with van der Waals surface area (Å²) in [6, 6.07) is 0. The zero-order valence-electron chi connectivity index (χ0n) is 17.4. The lowest BCUT2D eigenvalue weighted by Gasteiger charge is -2.15. The van der Waals surface area contributed by atoms with Crippen molar-refractivity contribution in [3.8, 4) is 0 Å². The Morgan fingerprint density at radius 2 is 0.667 bits per heavy atom. The van der Waals surface area contributed by atoms with E-state index in [0.717, 1.165) is 26.2 Å². The molecule has 6 nitrogen and oxygen atoms in total. The Balaban J connectivity index is 0. The summed E-state index contributed by atoms with van der Waals surface area (Å²) in [6.07, 6.45) is 4.97. The fourth-order valence-electron chi connectivity index (χ4n) is 2.33. The van der Waals surface area contributed by atoms with E-state index in [-0.39, 0.29) is 0 Å². The zero-order chi connectivity index (χ0) is 18.5. The average molecular weight is 347 g/mol. The van der Waals surface area contributed by atoms with Gasteiger partial charge < -0.3 is 31.1 Å². The molecule has 0 aliphatic carbocycles. The van der Waals surface area contributed by atoms with E-state index >= 15 is 0 Å². The van der Waals surface area contributed by atoms with E-state index in [1.807, 2.05) is 28.2 Å². The fraction of sp³-hybridized carbons (Fsp3) is 1.00. The standard InChI is InChI=1S/2C9H23N3/c2*1-10-6-4-8-12(3)9-5-7-11-2/h2*10-11H,4-9H2,1-3H3. The lowest BCUT2D eigenvalue weighted by Crippen LogP contribution is -2.25. The van der Waals surface area contributed by atoms with Crippen molar-refractivity contribution in [2.75, 3.05) is 94.6 Å². The molecule has 0 aromatic heterocycles. The van der Waals surface area contributed by atoms with Crippen molar-refractivity contribution in [1.29, 1.82) is 0 Å². The molecule has 0 aromatic carbocycles. The molecule has 0 fully saturated rings. The molecule has 0 aliphatic heterocycles. The van der Waals surface area contributed by atoms with Crippen molar-refractivity contribution in [3.63, 3.8) is 0 Å². The molecule has 0 saturated carbocycles. The van der Waals surface area contributed by atoms with Crippen LogP contribution in [0.1, 0.15) is 25.7 Å². The highest BCUT2D eigenvalue weighted by Crippen LogP contribution is 1.89. The van der Waals surface area contributed by atoms with Crippen LogP contribution in [-0.4, -0.2) is 104 Å². The highest BCUT2D eigenvalue weighted by atomic mass is 15.1. The minimum absolute atomic E-state index is 1.12. The second-order valence-electron chi connectivity index (χ2n) is 6.43. The first-order valence-electron chi connectivity index (χ1n) is 9.57. The van der Waals surface area contributed by atoms with E-state index in [1.54, 1.807) is 0 Å². The van der Waals surface area contributed by atoms with Crippen LogP contribution in [0.3, 0.4) is 0 Å². The average Bonchev–Trinajstić information content (AvgIpc) is 2.56. The predicted molar refractivity (Wildman–Crippen MR) is 109 cm³/mol. The van der Waals surface area contributed by atoms with Gasteiger partial charge in [-0.05, 0) is 120 Å². The van der Waals surface area contributed by atoms with Crippen molar-refractivity contribution >= 4 is 0 Å². The third-order valence-electron chi connectivity index (χ3n) is 3.87. The minimum atomic E-state index is 1.12. The van der Waals surface area contributed by atoms with Gasteiger partial charge in [-0.1, -0.05) is 0 Å². The molecule has 4 N–H and O–H groups in total. The molecule has 0 aliphatic rings. The Kier molecular flexibility index (Phi) is 24.7. The molecule has 148 valence electrons. The second kappa shape index (κ2) is 22.8. The van der Waals surface area contributed by atoms with Gasteiger partial charge in [0.15, 0.2) is 0 Å². The first-order chi connectivity index (χ1) is 11.6. The number of nitrogens with one attached hydrogen (secondary N) is 4. The molecule has 0 heterocycles. The Morgan fingerprint density at radius 1 is 0.458 bits per heavy atom. The summed E-state index contributed by atoms with van der Waals surface area (Å²) in [7, 11) is 12.4. The number of hydrogen-bond acceptors (Lipinski definition) is 6. The highest BCUT2D eigenvalue weighted by Gasteiger charge is 1.96. The lowest BCUT2D eigenvalue weighted by molar-refractivity contribution is 0.323. The third-order valence-corrected chi connectivity index (χ3v) is 3.87. The van der Waals surface area contributed by atoms with Crippen molar-refractivity contribution in [3.05, 3.63) is 0 Å². The van der Waals surface area contributed by atoms with E-state index in [9.17, 15) is 0 Å². The van der Waals surface area contributed by atoms with Crippen LogP contribution in [0, 0.1) is 0 Å². The monoisotopic (exact) mass is 346 g/mol. The van der Waals surface area contributed by atoms with Crippen LogP contribution in [-0.2, 0) is 0 Å². The van der Waals surface area contributed by atoms with E-state index in [0.29, 0.717) is 0 Å². The molecule has 0 aromatic rings. The van der Waals surface area contributed by atoms with E-state index in [2.05, 4.69) is 45.2 Å². The van der Waals surface area contributed by atoms with Crippen molar-refractivity contribution in [1.82, 2.24) is 31.1 Å². The molecule has 0 spiro atoms. The van der Waals surface area contributed by atoms with Gasteiger partial charge >= 0.3 is 0 Å². The Hall–Kier alpha value is -0.240. The molecule has 0 unspecified atom stereocenters. The normalized spacial score (nSPS) is 11.0. The summed E-state index contributed by atoms with van der Waals surface area (Å²) >= 11 is 0. The van der Waals surface area contributed by atoms with Crippen LogP contribution in [0.2, 0.25) is 0 Å². The maximum absolute atomic E-state index is 3.15. The quantitative estimate of drug-likeness (QED) is 0.301. The van der Waals surface area contributed by atoms with E-state index in [4.69, 9.17) is 0 Å². The van der Waals surface area contributed by atoms with Gasteiger partial charge in [-0.15, -0.1) is 0 Å². The largest absolute Gasteiger partial charge is 0.320 e. The molecule has 0 radical (unpaired) electrons. The summed E-state index contributed by atoms with van der Waals surface area (Å²) in [5.74, 6) is 0. The van der Waals surface area contributed by atoms with Gasteiger partial charge in [0.1, 0.15) is 0 Å². The van der Waals surface area contributed by atoms with Crippen molar-refractivity contribution < 1.29 is 0 Å². The molecule has 0 rings (SSSR count). The number of rotatable bonds is 16. The molecular formula is C18H46N6. The van der Waals surface area contributed by atoms with Crippen molar-refractivity contribution in [2.24, 2.45) is 0 Å². The van der Waals surface area contributed by atoms with Gasteiger partial charge in [0, 0.05) is 0 Å². The number of hydrogen-bond donors (Lipinski definition) is 4. The Morgan fingerprint density at radius 3 is 0.833 bits per heavy atom. The van der Waals surface area contributed by atoms with Gasteiger partial charge in [0.2, 0.25) is 0 Å². The van der Waals surface area contributed by atoms with E-state index < -0.39 is 0 Å². The van der Waals surface area contributed by atoms with E-state index in [1.165, 1.54) is 51.9 Å². The lowest BCUT2D eigenvalue weighted by atomic mass is 10.3. The third kappa shape index (κ3) is 24.0. The Labute approximate surface area is 152 Å². The zero-order valence-corrected chi connectivity index (χ0v) is 17.4. The van der Waals surface area contributed by atoms with Gasteiger partial charge in [0.25, 0.3) is 0 Å². The molecule has 0 amide bonds. The maximum atomic E-state index is 3.15. The summed E-state index contributed by atoms with van der Waals surface area (Å²) in [5.41, 5.74) is 0. The van der Waals surface area contributed by atoms with Crippen LogP contribution >= 0.6 is 0 Å². The molecule has 0 atom stereocenters. The second-order valence-corrected chi connectivity index (χ2v) is 6.43. The van der Waals surface area contributed by atoms with Crippen LogP contribution in [0.25, 0.3) is 0 Å². The maximum Gasteiger partial charge on any atom is -0.000968 e. The van der Waals surface area contributed by atoms with Gasteiger partial charge in [-0.3, -0.25) is 0 Å². The summed E-state index contributed by atoms with van der Waals surface area (Å²) < 4.78 is 0. The van der Waals surface area contributed by atoms with Gasteiger partial charge in [-0.25, -0.2) is 0 Å². The molecule has 6 heteroatoms. The van der Waals surface area contributed by atoms with Crippen LogP contribution in [0.5, 0.6) is 0 Å². The van der Waals surface area contributed by atoms with Gasteiger partial charge in [0.05, 0.1) is 0 Å². The van der Waals surface area contributed by atoms with Gasteiger partial charge in [-0.2, -0.15) is 0 Å². The van der Waals surface area contributed by atoms with Crippen LogP contribution < -0.4 is 21.3 Å². The first kappa shape index (κ1) is 26.0. The minimum Gasteiger partial charge on any atom is -0.320 e. The van der Waals surface area contributed by atoms with Crippen LogP contribution in [0.4, 0.5) is 0 Å². The first-order valence-corrected chi connectivity index (χ1v) is 9.57. The topological polar surface area (TPSA) is 54.6 Å². The summed E-state index contributed by atoms with van der Waals surface area (Å²) in [6.45, 7) is 9.28.